The fourth-order valence-corrected chi connectivity index (χ4v) is 5.64. The van der Waals surface area contributed by atoms with Gasteiger partial charge in [0.25, 0.3) is 0 Å². The van der Waals surface area contributed by atoms with Gasteiger partial charge in [0.1, 0.15) is 0 Å². The summed E-state index contributed by atoms with van der Waals surface area (Å²) in [7, 11) is 3.14. The molecule has 3 fully saturated rings. The van der Waals surface area contributed by atoms with E-state index in [2.05, 4.69) is 15.3 Å². The standard InChI is InChI=1S/C11H15P/c12-11-8-3-5-1-2-6-9(11)4-7(8)10(5)6/h1,6-11H,2-4,12H2. The minimum Gasteiger partial charge on any atom is -0.134 e. The van der Waals surface area contributed by atoms with Crippen LogP contribution in [0.4, 0.5) is 0 Å². The van der Waals surface area contributed by atoms with Crippen molar-refractivity contribution >= 4 is 9.24 Å². The van der Waals surface area contributed by atoms with Gasteiger partial charge in [-0.2, -0.15) is 0 Å². The van der Waals surface area contributed by atoms with Crippen molar-refractivity contribution < 1.29 is 0 Å². The summed E-state index contributed by atoms with van der Waals surface area (Å²) < 4.78 is 0. The summed E-state index contributed by atoms with van der Waals surface area (Å²) in [6, 6.07) is 0. The second-order valence-corrected chi connectivity index (χ2v) is 5.98. The molecule has 0 heterocycles. The predicted octanol–water partition coefficient (Wildman–Crippen LogP) is 2.46. The lowest BCUT2D eigenvalue weighted by molar-refractivity contribution is 0.263. The highest BCUT2D eigenvalue weighted by atomic mass is 31.0. The van der Waals surface area contributed by atoms with Crippen molar-refractivity contribution in [1.82, 2.24) is 0 Å². The van der Waals surface area contributed by atoms with Crippen molar-refractivity contribution in [2.24, 2.45) is 29.6 Å². The third-order valence-electron chi connectivity index (χ3n) is 5.11. The fourth-order valence-electron chi connectivity index (χ4n) is 4.78. The summed E-state index contributed by atoms with van der Waals surface area (Å²) in [6.45, 7) is 0. The largest absolute Gasteiger partial charge is 0.134 e. The SMILES string of the molecule is PC1C2CC3C1CC1=CCC2C13. The highest BCUT2D eigenvalue weighted by Crippen LogP contribution is 2.69. The second kappa shape index (κ2) is 1.82. The number of allylic oxidation sites excluding steroid dienone is 2. The summed E-state index contributed by atoms with van der Waals surface area (Å²) in [6.07, 6.45) is 7.05. The molecule has 64 valence electrons. The zero-order chi connectivity index (χ0) is 7.87. The average Bonchev–Trinajstić information content (AvgIpc) is 2.68. The van der Waals surface area contributed by atoms with Gasteiger partial charge in [0.15, 0.2) is 0 Å². The van der Waals surface area contributed by atoms with Gasteiger partial charge in [-0.05, 0) is 54.5 Å². The topological polar surface area (TPSA) is 0 Å². The van der Waals surface area contributed by atoms with E-state index in [1.807, 2.05) is 5.57 Å². The molecule has 0 N–H and O–H groups in total. The van der Waals surface area contributed by atoms with Crippen LogP contribution in [-0.4, -0.2) is 5.66 Å². The van der Waals surface area contributed by atoms with Crippen molar-refractivity contribution in [3.05, 3.63) is 11.6 Å². The lowest BCUT2D eigenvalue weighted by Crippen LogP contribution is -2.27. The van der Waals surface area contributed by atoms with Gasteiger partial charge in [0.05, 0.1) is 0 Å². The molecular formula is C11H15P. The minimum atomic E-state index is 0.988. The Morgan fingerprint density at radius 1 is 1.17 bits per heavy atom. The molecule has 0 spiro atoms. The molecular weight excluding hydrogens is 163 g/mol. The van der Waals surface area contributed by atoms with Crippen LogP contribution in [0, 0.1) is 29.6 Å². The summed E-state index contributed by atoms with van der Waals surface area (Å²) in [5.74, 6) is 5.46. The number of hydrogen-bond acceptors (Lipinski definition) is 0. The molecule has 0 radical (unpaired) electrons. The summed E-state index contributed by atoms with van der Waals surface area (Å²) in [5, 5.41) is 0. The van der Waals surface area contributed by atoms with Gasteiger partial charge < -0.3 is 0 Å². The quantitative estimate of drug-likeness (QED) is 0.395. The Kier molecular flexibility index (Phi) is 1.00. The van der Waals surface area contributed by atoms with Gasteiger partial charge in [-0.1, -0.05) is 11.6 Å². The molecule has 0 aliphatic heterocycles. The third-order valence-corrected chi connectivity index (χ3v) is 6.10. The zero-order valence-corrected chi connectivity index (χ0v) is 8.39. The molecule has 0 amide bonds. The van der Waals surface area contributed by atoms with Gasteiger partial charge in [-0.3, -0.25) is 0 Å². The second-order valence-electron chi connectivity index (χ2n) is 5.21. The molecule has 0 aromatic heterocycles. The van der Waals surface area contributed by atoms with Gasteiger partial charge in [-0.25, -0.2) is 0 Å². The van der Waals surface area contributed by atoms with Gasteiger partial charge in [0, 0.05) is 0 Å². The first kappa shape index (κ1) is 6.60. The van der Waals surface area contributed by atoms with Crippen molar-refractivity contribution in [1.29, 1.82) is 0 Å². The maximum atomic E-state index is 3.14. The Morgan fingerprint density at radius 2 is 2.08 bits per heavy atom. The molecule has 4 rings (SSSR count). The molecule has 3 saturated carbocycles. The van der Waals surface area contributed by atoms with Crippen LogP contribution in [-0.2, 0) is 0 Å². The molecule has 0 aromatic rings. The zero-order valence-electron chi connectivity index (χ0n) is 7.24. The highest BCUT2D eigenvalue weighted by Gasteiger charge is 2.62. The molecule has 4 aliphatic rings. The first-order chi connectivity index (χ1) is 5.86. The van der Waals surface area contributed by atoms with E-state index in [0.29, 0.717) is 0 Å². The first-order valence-electron chi connectivity index (χ1n) is 5.31. The van der Waals surface area contributed by atoms with E-state index in [9.17, 15) is 0 Å². The van der Waals surface area contributed by atoms with E-state index in [-0.39, 0.29) is 0 Å². The van der Waals surface area contributed by atoms with Crippen molar-refractivity contribution in [2.45, 2.75) is 24.9 Å². The van der Waals surface area contributed by atoms with E-state index in [1.165, 1.54) is 12.8 Å². The van der Waals surface area contributed by atoms with Crippen LogP contribution in [0.3, 0.4) is 0 Å². The van der Waals surface area contributed by atoms with E-state index >= 15 is 0 Å². The van der Waals surface area contributed by atoms with Crippen LogP contribution in [0.5, 0.6) is 0 Å². The van der Waals surface area contributed by atoms with Crippen molar-refractivity contribution in [2.75, 3.05) is 0 Å². The minimum absolute atomic E-state index is 0.988. The van der Waals surface area contributed by atoms with E-state index in [0.717, 1.165) is 35.2 Å². The monoisotopic (exact) mass is 178 g/mol. The Bertz CT molecular complexity index is 281. The maximum absolute atomic E-state index is 3.14. The molecule has 0 nitrogen and oxygen atoms in total. The Hall–Kier alpha value is 0.170. The van der Waals surface area contributed by atoms with Gasteiger partial charge >= 0.3 is 0 Å². The van der Waals surface area contributed by atoms with Crippen LogP contribution in [0.15, 0.2) is 11.6 Å². The molecule has 12 heavy (non-hydrogen) atoms. The maximum Gasteiger partial charge on any atom is -0.0137 e. The van der Waals surface area contributed by atoms with E-state index in [4.69, 9.17) is 0 Å². The summed E-state index contributed by atoms with van der Waals surface area (Å²) in [5.41, 5.74) is 2.85. The number of rotatable bonds is 0. The predicted molar refractivity (Wildman–Crippen MR) is 52.9 cm³/mol. The highest BCUT2D eigenvalue weighted by molar-refractivity contribution is 7.17. The summed E-state index contributed by atoms with van der Waals surface area (Å²) in [4.78, 5) is 0. The normalized spacial score (nSPS) is 64.6. The van der Waals surface area contributed by atoms with Crippen LogP contribution >= 0.6 is 9.24 Å². The van der Waals surface area contributed by atoms with Crippen molar-refractivity contribution in [3.63, 3.8) is 0 Å². The number of fused-ring (bicyclic) bond motifs is 2. The van der Waals surface area contributed by atoms with Gasteiger partial charge in [0.2, 0.25) is 0 Å². The third kappa shape index (κ3) is 0.505. The van der Waals surface area contributed by atoms with E-state index in [1.54, 1.807) is 6.42 Å². The molecule has 4 aliphatic carbocycles. The Morgan fingerprint density at radius 3 is 3.00 bits per heavy atom. The number of hydrogen-bond donors (Lipinski definition) is 0. The average molecular weight is 178 g/mol. The molecule has 7 unspecified atom stereocenters. The molecule has 1 heteroatoms. The van der Waals surface area contributed by atoms with Crippen molar-refractivity contribution in [3.8, 4) is 0 Å². The lowest BCUT2D eigenvalue weighted by Gasteiger charge is -2.30. The van der Waals surface area contributed by atoms with Crippen LogP contribution in [0.25, 0.3) is 0 Å². The molecule has 0 saturated heterocycles. The van der Waals surface area contributed by atoms with Crippen LogP contribution in [0.2, 0.25) is 0 Å². The van der Waals surface area contributed by atoms with Crippen LogP contribution in [0.1, 0.15) is 19.3 Å². The van der Waals surface area contributed by atoms with Crippen LogP contribution < -0.4 is 0 Å². The Labute approximate surface area is 76.0 Å². The molecule has 7 atom stereocenters. The fraction of sp³-hybridized carbons (Fsp3) is 0.818. The molecule has 0 aromatic carbocycles. The molecule has 2 bridgehead atoms. The van der Waals surface area contributed by atoms with E-state index < -0.39 is 0 Å². The summed E-state index contributed by atoms with van der Waals surface area (Å²) >= 11 is 0. The van der Waals surface area contributed by atoms with Gasteiger partial charge in [-0.15, -0.1) is 9.24 Å². The first-order valence-corrected chi connectivity index (χ1v) is 5.97. The lowest BCUT2D eigenvalue weighted by atomic mass is 9.80. The smallest absolute Gasteiger partial charge is 0.0137 e. The Balaban J connectivity index is 1.93.